The van der Waals surface area contributed by atoms with Gasteiger partial charge in [0.2, 0.25) is 0 Å². The van der Waals surface area contributed by atoms with Gasteiger partial charge in [0.05, 0.1) is 10.2 Å². The molecule has 3 nitrogen and oxygen atoms in total. The number of fused-ring (bicyclic) bond motifs is 1. The molecule has 1 aromatic carbocycles. The van der Waals surface area contributed by atoms with E-state index in [4.69, 9.17) is 5.73 Å². The van der Waals surface area contributed by atoms with Crippen molar-refractivity contribution < 1.29 is 0 Å². The fourth-order valence-corrected chi connectivity index (χ4v) is 3.01. The fourth-order valence-electron chi connectivity index (χ4n) is 1.92. The second-order valence-corrected chi connectivity index (χ2v) is 4.73. The summed E-state index contributed by atoms with van der Waals surface area (Å²) in [4.78, 5) is 11.8. The summed E-state index contributed by atoms with van der Waals surface area (Å²) in [5.41, 5.74) is 8.89. The molecule has 0 unspecified atom stereocenters. The van der Waals surface area contributed by atoms with Crippen LogP contribution >= 0.6 is 11.3 Å². The van der Waals surface area contributed by atoms with E-state index in [1.807, 2.05) is 13.8 Å². The highest BCUT2D eigenvalue weighted by atomic mass is 32.1. The van der Waals surface area contributed by atoms with E-state index >= 15 is 0 Å². The van der Waals surface area contributed by atoms with Crippen LogP contribution in [-0.4, -0.2) is 11.1 Å². The van der Waals surface area contributed by atoms with Crippen molar-refractivity contribution in [3.63, 3.8) is 0 Å². The highest BCUT2D eigenvalue weighted by Gasteiger charge is 2.09. The van der Waals surface area contributed by atoms with Crippen LogP contribution in [0, 0.1) is 13.8 Å². The lowest BCUT2D eigenvalue weighted by molar-refractivity contribution is 0.719. The first-order valence-electron chi connectivity index (χ1n) is 4.94. The van der Waals surface area contributed by atoms with Gasteiger partial charge in [0.25, 0.3) is 0 Å². The molecular formula is C11H14N2OS. The lowest BCUT2D eigenvalue weighted by atomic mass is 10.1. The van der Waals surface area contributed by atoms with Crippen LogP contribution in [0.15, 0.2) is 16.9 Å². The van der Waals surface area contributed by atoms with Gasteiger partial charge in [-0.1, -0.05) is 17.4 Å². The number of hydrogen-bond acceptors (Lipinski definition) is 3. The molecule has 0 fully saturated rings. The highest BCUT2D eigenvalue weighted by Crippen LogP contribution is 2.22. The molecule has 0 atom stereocenters. The third-order valence-corrected chi connectivity index (χ3v) is 3.38. The molecule has 0 saturated carbocycles. The maximum atomic E-state index is 11.7. The second-order valence-electron chi connectivity index (χ2n) is 3.74. The van der Waals surface area contributed by atoms with Crippen LogP contribution in [0.1, 0.15) is 11.1 Å². The van der Waals surface area contributed by atoms with Gasteiger partial charge < -0.3 is 5.73 Å². The normalized spacial score (nSPS) is 11.1. The predicted molar refractivity (Wildman–Crippen MR) is 64.6 cm³/mol. The summed E-state index contributed by atoms with van der Waals surface area (Å²) in [7, 11) is 0. The van der Waals surface area contributed by atoms with Gasteiger partial charge in [-0.2, -0.15) is 0 Å². The molecule has 0 spiro atoms. The molecule has 2 aromatic rings. The summed E-state index contributed by atoms with van der Waals surface area (Å²) in [6.07, 6.45) is 0. The Bertz CT molecular complexity index is 553. The minimum Gasteiger partial charge on any atom is -0.329 e. The van der Waals surface area contributed by atoms with Crippen LogP contribution in [-0.2, 0) is 6.54 Å². The third kappa shape index (κ3) is 1.70. The number of aromatic nitrogens is 1. The van der Waals surface area contributed by atoms with Gasteiger partial charge in [-0.05, 0) is 31.0 Å². The zero-order valence-electron chi connectivity index (χ0n) is 8.91. The summed E-state index contributed by atoms with van der Waals surface area (Å²) in [6, 6.07) is 4.16. The van der Waals surface area contributed by atoms with Crippen molar-refractivity contribution >= 4 is 21.6 Å². The van der Waals surface area contributed by atoms with Crippen LogP contribution in [0.5, 0.6) is 0 Å². The molecule has 4 heteroatoms. The zero-order valence-corrected chi connectivity index (χ0v) is 9.73. The Morgan fingerprint density at radius 2 is 2.13 bits per heavy atom. The van der Waals surface area contributed by atoms with Crippen LogP contribution < -0.4 is 10.6 Å². The largest absolute Gasteiger partial charge is 0.329 e. The van der Waals surface area contributed by atoms with E-state index in [1.54, 1.807) is 4.57 Å². The minimum atomic E-state index is 0.0872. The first-order chi connectivity index (χ1) is 7.13. The molecule has 1 aromatic heterocycles. The molecule has 0 saturated heterocycles. The summed E-state index contributed by atoms with van der Waals surface area (Å²) in [5, 5.41) is 0. The number of nitrogens with two attached hydrogens (primary N) is 1. The van der Waals surface area contributed by atoms with Crippen molar-refractivity contribution in [1.82, 2.24) is 4.57 Å². The maximum Gasteiger partial charge on any atom is 0.308 e. The van der Waals surface area contributed by atoms with E-state index in [-0.39, 0.29) is 4.87 Å². The van der Waals surface area contributed by atoms with Gasteiger partial charge in [-0.15, -0.1) is 0 Å². The van der Waals surface area contributed by atoms with Crippen molar-refractivity contribution in [2.45, 2.75) is 20.4 Å². The molecule has 2 rings (SSSR count). The Morgan fingerprint density at radius 3 is 2.80 bits per heavy atom. The number of aryl methyl sites for hydroxylation is 2. The van der Waals surface area contributed by atoms with Crippen molar-refractivity contribution in [3.05, 3.63) is 32.9 Å². The van der Waals surface area contributed by atoms with Crippen LogP contribution in [0.3, 0.4) is 0 Å². The first-order valence-corrected chi connectivity index (χ1v) is 5.76. The summed E-state index contributed by atoms with van der Waals surface area (Å²) < 4.78 is 2.83. The van der Waals surface area contributed by atoms with E-state index in [9.17, 15) is 4.79 Å². The van der Waals surface area contributed by atoms with E-state index < -0.39 is 0 Å². The smallest absolute Gasteiger partial charge is 0.308 e. The standard InChI is InChI=1S/C11H14N2OS/c1-7-5-8(2)10-9(6-7)15-11(14)13(10)4-3-12/h5-6H,3-4,12H2,1-2H3. The molecule has 80 valence electrons. The van der Waals surface area contributed by atoms with Crippen molar-refractivity contribution in [3.8, 4) is 0 Å². The van der Waals surface area contributed by atoms with Gasteiger partial charge >= 0.3 is 4.87 Å². The molecule has 15 heavy (non-hydrogen) atoms. The molecule has 0 aliphatic carbocycles. The highest BCUT2D eigenvalue weighted by molar-refractivity contribution is 7.16. The van der Waals surface area contributed by atoms with Gasteiger partial charge in [-0.3, -0.25) is 9.36 Å². The SMILES string of the molecule is Cc1cc(C)c2c(c1)sc(=O)n2CCN. The zero-order chi connectivity index (χ0) is 11.0. The van der Waals surface area contributed by atoms with E-state index in [0.29, 0.717) is 13.1 Å². The molecule has 0 bridgehead atoms. The lowest BCUT2D eigenvalue weighted by Gasteiger charge is -2.04. The van der Waals surface area contributed by atoms with Gasteiger partial charge in [0.1, 0.15) is 0 Å². The Labute approximate surface area is 92.1 Å². The molecular weight excluding hydrogens is 208 g/mol. The fraction of sp³-hybridized carbons (Fsp3) is 0.364. The number of rotatable bonds is 2. The number of benzene rings is 1. The Balaban J connectivity index is 2.81. The number of thiazole rings is 1. The van der Waals surface area contributed by atoms with Gasteiger partial charge in [0, 0.05) is 13.1 Å². The average Bonchev–Trinajstić information content (AvgIpc) is 2.43. The van der Waals surface area contributed by atoms with Gasteiger partial charge in [-0.25, -0.2) is 0 Å². The summed E-state index contributed by atoms with van der Waals surface area (Å²) in [5.74, 6) is 0. The van der Waals surface area contributed by atoms with E-state index in [1.165, 1.54) is 16.9 Å². The topological polar surface area (TPSA) is 48.0 Å². The molecule has 1 heterocycles. The molecule has 2 N–H and O–H groups in total. The number of nitrogens with zero attached hydrogens (tertiary/aromatic N) is 1. The summed E-state index contributed by atoms with van der Waals surface area (Å²) >= 11 is 1.30. The predicted octanol–water partition coefficient (Wildman–Crippen LogP) is 1.64. The van der Waals surface area contributed by atoms with Crippen LogP contribution in [0.4, 0.5) is 0 Å². The Morgan fingerprint density at radius 1 is 1.40 bits per heavy atom. The van der Waals surface area contributed by atoms with Crippen LogP contribution in [0.2, 0.25) is 0 Å². The summed E-state index contributed by atoms with van der Waals surface area (Å²) in [6.45, 7) is 5.18. The molecule has 0 radical (unpaired) electrons. The quantitative estimate of drug-likeness (QED) is 0.839. The minimum absolute atomic E-state index is 0.0872. The van der Waals surface area contributed by atoms with Gasteiger partial charge in [0.15, 0.2) is 0 Å². The lowest BCUT2D eigenvalue weighted by Crippen LogP contribution is -2.19. The first kappa shape index (κ1) is 10.4. The van der Waals surface area contributed by atoms with Crippen molar-refractivity contribution in [2.75, 3.05) is 6.54 Å². The van der Waals surface area contributed by atoms with Crippen LogP contribution in [0.25, 0.3) is 10.2 Å². The Hall–Kier alpha value is -1.13. The molecule has 0 aliphatic rings. The monoisotopic (exact) mass is 222 g/mol. The number of hydrogen-bond donors (Lipinski definition) is 1. The van der Waals surface area contributed by atoms with E-state index in [0.717, 1.165) is 15.8 Å². The third-order valence-electron chi connectivity index (χ3n) is 2.45. The molecule has 0 aliphatic heterocycles. The van der Waals surface area contributed by atoms with Crippen molar-refractivity contribution in [1.29, 1.82) is 0 Å². The maximum absolute atomic E-state index is 11.7. The molecule has 0 amide bonds. The Kier molecular flexibility index (Phi) is 2.63. The second kappa shape index (κ2) is 3.79. The van der Waals surface area contributed by atoms with Crippen molar-refractivity contribution in [2.24, 2.45) is 5.73 Å². The van der Waals surface area contributed by atoms with E-state index in [2.05, 4.69) is 12.1 Å². The average molecular weight is 222 g/mol.